The first-order valence-corrected chi connectivity index (χ1v) is 20.7. The van der Waals surface area contributed by atoms with Gasteiger partial charge in [-0.15, -0.1) is 0 Å². The molecule has 9 heteroatoms. The highest BCUT2D eigenvalue weighted by atomic mass is 31.2. The molecule has 0 aromatic heterocycles. The second-order valence-corrected chi connectivity index (χ2v) is 13.8. The van der Waals surface area contributed by atoms with Gasteiger partial charge in [0.25, 0.3) is 0 Å². The molecule has 0 aromatic rings. The van der Waals surface area contributed by atoms with E-state index in [1.165, 1.54) is 44.9 Å². The highest BCUT2D eigenvalue weighted by molar-refractivity contribution is 7.47. The second-order valence-electron chi connectivity index (χ2n) is 12.4. The Morgan fingerprint density at radius 1 is 0.680 bits per heavy atom. The molecule has 0 aliphatic heterocycles. The number of aliphatic hydroxyl groups is 1. The summed E-state index contributed by atoms with van der Waals surface area (Å²) in [6.45, 7) is 3.91. The molecule has 0 heterocycles. The van der Waals surface area contributed by atoms with Crippen molar-refractivity contribution < 1.29 is 28.4 Å². The van der Waals surface area contributed by atoms with Crippen LogP contribution in [0.2, 0.25) is 0 Å². The van der Waals surface area contributed by atoms with Crippen LogP contribution in [0.1, 0.15) is 136 Å². The summed E-state index contributed by atoms with van der Waals surface area (Å²) in [6, 6.07) is -0.909. The minimum Gasteiger partial charge on any atom is -0.387 e. The predicted molar refractivity (Wildman–Crippen MR) is 212 cm³/mol. The van der Waals surface area contributed by atoms with Gasteiger partial charge in [-0.1, -0.05) is 131 Å². The number of rotatable bonds is 34. The lowest BCUT2D eigenvalue weighted by Crippen LogP contribution is -2.45. The van der Waals surface area contributed by atoms with E-state index in [1.807, 2.05) is 6.08 Å². The molecule has 5 N–H and O–H groups in total. The third kappa shape index (κ3) is 34.1. The summed E-state index contributed by atoms with van der Waals surface area (Å²) in [6.07, 6.45) is 47.8. The summed E-state index contributed by atoms with van der Waals surface area (Å²) in [7, 11) is -4.36. The van der Waals surface area contributed by atoms with Crippen LogP contribution >= 0.6 is 7.82 Å². The molecule has 0 bridgehead atoms. The number of amides is 1. The zero-order valence-electron chi connectivity index (χ0n) is 31.3. The Balaban J connectivity index is 4.50. The first-order chi connectivity index (χ1) is 24.4. The lowest BCUT2D eigenvalue weighted by Gasteiger charge is -2.23. The molecule has 0 aromatic carbocycles. The van der Waals surface area contributed by atoms with Gasteiger partial charge in [0.15, 0.2) is 0 Å². The molecule has 0 rings (SSSR count). The molecule has 3 unspecified atom stereocenters. The monoisotopic (exact) mass is 719 g/mol. The van der Waals surface area contributed by atoms with E-state index < -0.39 is 20.0 Å². The molecule has 1 amide bonds. The summed E-state index contributed by atoms with van der Waals surface area (Å²) in [5, 5.41) is 13.6. The molecule has 0 saturated carbocycles. The maximum absolute atomic E-state index is 12.7. The van der Waals surface area contributed by atoms with Gasteiger partial charge in [0.2, 0.25) is 5.91 Å². The zero-order chi connectivity index (χ0) is 36.8. The number of aliphatic hydroxyl groups excluding tert-OH is 1. The molecule has 0 saturated heterocycles. The van der Waals surface area contributed by atoms with Gasteiger partial charge in [-0.2, -0.15) is 0 Å². The predicted octanol–water partition coefficient (Wildman–Crippen LogP) is 10.3. The highest BCUT2D eigenvalue weighted by Crippen LogP contribution is 2.43. The molecule has 8 nitrogen and oxygen atoms in total. The first-order valence-electron chi connectivity index (χ1n) is 19.2. The van der Waals surface area contributed by atoms with Crippen molar-refractivity contribution >= 4 is 13.7 Å². The quantitative estimate of drug-likeness (QED) is 0.0296. The van der Waals surface area contributed by atoms with E-state index in [2.05, 4.69) is 92.1 Å². The van der Waals surface area contributed by atoms with Crippen LogP contribution in [0, 0.1) is 0 Å². The van der Waals surface area contributed by atoms with E-state index in [9.17, 15) is 19.4 Å². The number of unbranched alkanes of at least 4 members (excludes halogenated alkanes) is 10. The molecule has 0 spiro atoms. The fraction of sp³-hybridized carbons (Fsp3) is 0.634. The molecular weight excluding hydrogens is 647 g/mol. The number of nitrogens with one attached hydrogen (secondary N) is 1. The van der Waals surface area contributed by atoms with Crippen molar-refractivity contribution in [3.8, 4) is 0 Å². The normalized spacial score (nSPS) is 15.2. The smallest absolute Gasteiger partial charge is 0.387 e. The van der Waals surface area contributed by atoms with Crippen molar-refractivity contribution in [2.75, 3.05) is 19.8 Å². The van der Waals surface area contributed by atoms with E-state index in [-0.39, 0.29) is 32.1 Å². The summed E-state index contributed by atoms with van der Waals surface area (Å²) < 4.78 is 22.0. The molecule has 50 heavy (non-hydrogen) atoms. The summed E-state index contributed by atoms with van der Waals surface area (Å²) >= 11 is 0. The van der Waals surface area contributed by atoms with Gasteiger partial charge in [-0.25, -0.2) is 4.57 Å². The van der Waals surface area contributed by atoms with Crippen LogP contribution in [0.25, 0.3) is 0 Å². The summed E-state index contributed by atoms with van der Waals surface area (Å²) in [5.74, 6) is -0.254. The van der Waals surface area contributed by atoms with Gasteiger partial charge < -0.3 is 21.1 Å². The average molecular weight is 719 g/mol. The second kappa shape index (κ2) is 36.5. The van der Waals surface area contributed by atoms with Crippen LogP contribution in [-0.2, 0) is 18.4 Å². The Morgan fingerprint density at radius 3 is 1.78 bits per heavy atom. The number of hydrogen-bond acceptors (Lipinski definition) is 6. The third-order valence-electron chi connectivity index (χ3n) is 7.68. The molecule has 286 valence electrons. The van der Waals surface area contributed by atoms with Crippen molar-refractivity contribution in [3.63, 3.8) is 0 Å². The Labute approximate surface area is 305 Å². The van der Waals surface area contributed by atoms with Crippen LogP contribution in [-0.4, -0.2) is 47.8 Å². The Hall–Kier alpha value is -2.32. The minimum atomic E-state index is -4.36. The van der Waals surface area contributed by atoms with Crippen LogP contribution in [0.3, 0.4) is 0 Å². The summed E-state index contributed by atoms with van der Waals surface area (Å²) in [5.41, 5.74) is 5.35. The van der Waals surface area contributed by atoms with Crippen molar-refractivity contribution in [2.45, 2.75) is 148 Å². The average Bonchev–Trinajstić information content (AvgIpc) is 3.10. The van der Waals surface area contributed by atoms with Gasteiger partial charge >= 0.3 is 7.82 Å². The Kier molecular flexibility index (Phi) is 34.8. The SMILES string of the molecule is CC/C=C\C/C=C\C/C=C\C/C=C\CCCCC(=O)NC(COP(=O)(O)OCCN)C(O)/C=C/CC/C=C/CC/C=C/CCCCCCCC. The fourth-order valence-electron chi connectivity index (χ4n) is 4.80. The largest absolute Gasteiger partial charge is 0.472 e. The van der Waals surface area contributed by atoms with E-state index in [0.717, 1.165) is 64.2 Å². The van der Waals surface area contributed by atoms with Crippen LogP contribution in [0.4, 0.5) is 0 Å². The van der Waals surface area contributed by atoms with Gasteiger partial charge in [0, 0.05) is 13.0 Å². The maximum atomic E-state index is 12.7. The molecule has 0 aliphatic rings. The number of carbonyl (C=O) groups excluding carboxylic acids is 1. The van der Waals surface area contributed by atoms with Crippen molar-refractivity contribution in [1.82, 2.24) is 5.32 Å². The fourth-order valence-corrected chi connectivity index (χ4v) is 5.56. The standard InChI is InChI=1S/C41H71N2O6P/c1-3-5-7-9-11-13-15-17-19-21-22-24-26-28-30-32-34-40(44)39(38-49-50(46,47)48-37-36-42)43-41(45)35-33-31-29-27-25-23-20-18-16-14-12-10-8-6-4-2/h6,8,12,14,17-20,24-27,32,34,39-40,44H,3-5,7,9-11,13,15-16,21-23,28-31,33,35-38,42H2,1-2H3,(H,43,45)(H,46,47)/b8-6-,14-12-,19-17+,20-18-,26-24+,27-25-,34-32+. The lowest BCUT2D eigenvalue weighted by atomic mass is 10.1. The van der Waals surface area contributed by atoms with Gasteiger partial charge in [0.1, 0.15) is 0 Å². The number of phosphoric ester groups is 1. The number of allylic oxidation sites excluding steroid dienone is 13. The molecule has 0 radical (unpaired) electrons. The van der Waals surface area contributed by atoms with Crippen LogP contribution < -0.4 is 11.1 Å². The molecule has 0 fully saturated rings. The van der Waals surface area contributed by atoms with Gasteiger partial charge in [-0.3, -0.25) is 13.8 Å². The lowest BCUT2D eigenvalue weighted by molar-refractivity contribution is -0.123. The van der Waals surface area contributed by atoms with Crippen molar-refractivity contribution in [3.05, 3.63) is 85.1 Å². The topological polar surface area (TPSA) is 131 Å². The number of phosphoric acid groups is 1. The molecular formula is C41H71N2O6P. The number of hydrogen-bond donors (Lipinski definition) is 4. The highest BCUT2D eigenvalue weighted by Gasteiger charge is 2.26. The summed E-state index contributed by atoms with van der Waals surface area (Å²) in [4.78, 5) is 22.6. The Bertz CT molecular complexity index is 1050. The Morgan fingerprint density at radius 2 is 1.18 bits per heavy atom. The van der Waals surface area contributed by atoms with E-state index in [1.54, 1.807) is 6.08 Å². The maximum Gasteiger partial charge on any atom is 0.472 e. The van der Waals surface area contributed by atoms with Crippen molar-refractivity contribution in [1.29, 1.82) is 0 Å². The van der Waals surface area contributed by atoms with E-state index >= 15 is 0 Å². The van der Waals surface area contributed by atoms with E-state index in [4.69, 9.17) is 14.8 Å². The molecule has 3 atom stereocenters. The minimum absolute atomic E-state index is 0.0603. The molecule has 0 aliphatic carbocycles. The first kappa shape index (κ1) is 47.7. The number of nitrogens with two attached hydrogens (primary N) is 1. The van der Waals surface area contributed by atoms with E-state index in [0.29, 0.717) is 6.42 Å². The third-order valence-corrected chi connectivity index (χ3v) is 8.67. The van der Waals surface area contributed by atoms with Gasteiger partial charge in [-0.05, 0) is 83.5 Å². The zero-order valence-corrected chi connectivity index (χ0v) is 32.2. The van der Waals surface area contributed by atoms with Crippen LogP contribution in [0.5, 0.6) is 0 Å². The van der Waals surface area contributed by atoms with Crippen molar-refractivity contribution in [2.24, 2.45) is 5.73 Å². The van der Waals surface area contributed by atoms with Crippen LogP contribution in [0.15, 0.2) is 85.1 Å². The number of carbonyl (C=O) groups is 1. The van der Waals surface area contributed by atoms with Gasteiger partial charge in [0.05, 0.1) is 25.4 Å².